The third-order valence-corrected chi connectivity index (χ3v) is 2.52. The van der Waals surface area contributed by atoms with Gasteiger partial charge in [-0.3, -0.25) is 0 Å². The first kappa shape index (κ1) is 18.7. The average Bonchev–Trinajstić information content (AvgIpc) is 2.58. The highest BCUT2D eigenvalue weighted by atomic mass is 13.9. The van der Waals surface area contributed by atoms with Crippen LogP contribution in [0.1, 0.15) is 37.5 Å². The van der Waals surface area contributed by atoms with Crippen molar-refractivity contribution in [1.82, 2.24) is 0 Å². The number of hydrogen-bond acceptors (Lipinski definition) is 0. The minimum absolute atomic E-state index is 0.890. The van der Waals surface area contributed by atoms with E-state index in [0.717, 1.165) is 17.5 Å². The smallest absolute Gasteiger partial charge is 0.0251 e. The fourth-order valence-corrected chi connectivity index (χ4v) is 1.53. The van der Waals surface area contributed by atoms with Crippen LogP contribution in [0.2, 0.25) is 0 Å². The number of benzene rings is 2. The summed E-state index contributed by atoms with van der Waals surface area (Å²) in [6.07, 6.45) is 2.71. The average molecular weight is 277 g/mol. The van der Waals surface area contributed by atoms with Crippen molar-refractivity contribution in [2.75, 3.05) is 0 Å². The summed E-state index contributed by atoms with van der Waals surface area (Å²) in [7, 11) is 0. The summed E-state index contributed by atoms with van der Waals surface area (Å²) in [5, 5.41) is 0. The zero-order valence-electron chi connectivity index (χ0n) is 13.4. The van der Waals surface area contributed by atoms with Crippen molar-refractivity contribution in [3.63, 3.8) is 0 Å². The van der Waals surface area contributed by atoms with Crippen molar-refractivity contribution in [1.29, 1.82) is 0 Å². The Morgan fingerprint density at radius 3 is 2.14 bits per heavy atom. The van der Waals surface area contributed by atoms with Crippen molar-refractivity contribution in [2.24, 2.45) is 0 Å². The predicted molar refractivity (Wildman–Crippen MR) is 95.9 cm³/mol. The van der Waals surface area contributed by atoms with Gasteiger partial charge in [0, 0.05) is 5.56 Å². The predicted octanol–water partition coefficient (Wildman–Crippen LogP) is 5.79. The van der Waals surface area contributed by atoms with Crippen LogP contribution in [0.5, 0.6) is 0 Å². The molecule has 0 unspecified atom stereocenters. The summed E-state index contributed by atoms with van der Waals surface area (Å²) in [5.41, 5.74) is 3.46. The second-order valence-electron chi connectivity index (χ2n) is 3.94. The van der Waals surface area contributed by atoms with Gasteiger partial charge in [0.15, 0.2) is 0 Å². The topological polar surface area (TPSA) is 0 Å². The van der Waals surface area contributed by atoms with Crippen LogP contribution in [0.25, 0.3) is 6.08 Å². The Hall–Kier alpha value is -2.26. The Kier molecular flexibility index (Phi) is 11.4. The highest BCUT2D eigenvalue weighted by molar-refractivity contribution is 5.50. The molecule has 0 heterocycles. The molecule has 0 heteroatoms. The monoisotopic (exact) mass is 277 g/mol. The van der Waals surface area contributed by atoms with E-state index in [1.54, 1.807) is 0 Å². The Labute approximate surface area is 130 Å². The van der Waals surface area contributed by atoms with E-state index in [9.17, 15) is 0 Å². The van der Waals surface area contributed by atoms with Gasteiger partial charge in [0.25, 0.3) is 0 Å². The van der Waals surface area contributed by atoms with Crippen molar-refractivity contribution in [2.45, 2.75) is 27.2 Å². The van der Waals surface area contributed by atoms with Crippen molar-refractivity contribution < 1.29 is 0 Å². The highest BCUT2D eigenvalue weighted by Gasteiger charge is 1.86. The Bertz CT molecular complexity index is 553. The first-order chi connectivity index (χ1) is 10.3. The fourth-order valence-electron chi connectivity index (χ4n) is 1.53. The van der Waals surface area contributed by atoms with Gasteiger partial charge in [0.05, 0.1) is 0 Å². The molecule has 0 saturated carbocycles. The van der Waals surface area contributed by atoms with Gasteiger partial charge < -0.3 is 0 Å². The lowest BCUT2D eigenvalue weighted by molar-refractivity contribution is 1.27. The van der Waals surface area contributed by atoms with E-state index in [2.05, 4.69) is 37.5 Å². The summed E-state index contributed by atoms with van der Waals surface area (Å²) >= 11 is 0. The molecule has 2 aromatic carbocycles. The molecule has 0 spiro atoms. The molecule has 0 saturated heterocycles. The lowest BCUT2D eigenvalue weighted by Crippen LogP contribution is -1.74. The molecule has 2 rings (SSSR count). The molecule has 0 aliphatic rings. The van der Waals surface area contributed by atoms with Gasteiger partial charge in [0.1, 0.15) is 0 Å². The fraction of sp³-hybridized carbons (Fsp3) is 0.190. The van der Waals surface area contributed by atoms with Crippen molar-refractivity contribution in [3.05, 3.63) is 84.8 Å². The minimum atomic E-state index is 0.890. The molecule has 0 aromatic heterocycles. The molecule has 0 nitrogen and oxygen atoms in total. The molecular formula is C21H25. The summed E-state index contributed by atoms with van der Waals surface area (Å²) in [6.45, 7) is 13.3. The zero-order chi connectivity index (χ0) is 15.9. The van der Waals surface area contributed by atoms with E-state index < -0.39 is 0 Å². The maximum Gasteiger partial charge on any atom is 0.0251 e. The second kappa shape index (κ2) is 12.8. The molecule has 1 radical (unpaired) electrons. The standard InChI is InChI=1S/C11H10.C8H9.C2H6/c1-3-6-11-8-5-7-10(4-2)9-11;1-2-8-6-4-3-5-7-8;1-2/h4-5,7-9H,2H2,1H3;3-7H,1-2H2;1-2H3. The van der Waals surface area contributed by atoms with Crippen molar-refractivity contribution in [3.8, 4) is 11.8 Å². The third kappa shape index (κ3) is 8.50. The molecule has 0 aliphatic carbocycles. The van der Waals surface area contributed by atoms with E-state index in [1.165, 1.54) is 5.56 Å². The molecule has 21 heavy (non-hydrogen) atoms. The molecule has 0 aliphatic heterocycles. The van der Waals surface area contributed by atoms with E-state index in [1.807, 2.05) is 69.3 Å². The highest BCUT2D eigenvalue weighted by Crippen LogP contribution is 2.04. The van der Waals surface area contributed by atoms with E-state index in [4.69, 9.17) is 0 Å². The maximum atomic E-state index is 3.76. The van der Waals surface area contributed by atoms with Crippen LogP contribution in [-0.2, 0) is 6.42 Å². The van der Waals surface area contributed by atoms with E-state index in [-0.39, 0.29) is 0 Å². The molecule has 0 bridgehead atoms. The van der Waals surface area contributed by atoms with E-state index >= 15 is 0 Å². The largest absolute Gasteiger partial charge is 0.101 e. The lowest BCUT2D eigenvalue weighted by atomic mass is 10.1. The Morgan fingerprint density at radius 1 is 1.00 bits per heavy atom. The molecule has 0 atom stereocenters. The van der Waals surface area contributed by atoms with Gasteiger partial charge in [-0.15, -0.1) is 5.92 Å². The SMILES string of the molecule is C=Cc1cccc(C#CC)c1.CC.[CH2]Cc1ccccc1. The van der Waals surface area contributed by atoms with Crippen LogP contribution in [0.3, 0.4) is 0 Å². The van der Waals surface area contributed by atoms with Crippen LogP contribution < -0.4 is 0 Å². The quantitative estimate of drug-likeness (QED) is 0.609. The molecule has 0 fully saturated rings. The van der Waals surface area contributed by atoms with Crippen LogP contribution in [0, 0.1) is 18.8 Å². The number of hydrogen-bond donors (Lipinski definition) is 0. The lowest BCUT2D eigenvalue weighted by Gasteiger charge is -1.92. The molecule has 109 valence electrons. The molecule has 0 amide bonds. The van der Waals surface area contributed by atoms with Gasteiger partial charge >= 0.3 is 0 Å². The van der Waals surface area contributed by atoms with E-state index in [0.29, 0.717) is 0 Å². The van der Waals surface area contributed by atoms with Gasteiger partial charge in [-0.2, -0.15) is 0 Å². The summed E-state index contributed by atoms with van der Waals surface area (Å²) < 4.78 is 0. The Morgan fingerprint density at radius 2 is 1.67 bits per heavy atom. The van der Waals surface area contributed by atoms with Gasteiger partial charge in [-0.25, -0.2) is 0 Å². The summed E-state index contributed by atoms with van der Waals surface area (Å²) in [5.74, 6) is 5.84. The zero-order valence-corrected chi connectivity index (χ0v) is 13.4. The Balaban J connectivity index is 0.000000354. The normalized spacial score (nSPS) is 8.00. The maximum absolute atomic E-state index is 3.76. The van der Waals surface area contributed by atoms with Gasteiger partial charge in [-0.1, -0.05) is 74.9 Å². The molecule has 2 aromatic rings. The summed E-state index contributed by atoms with van der Waals surface area (Å²) in [6, 6.07) is 18.2. The van der Waals surface area contributed by atoms with Crippen LogP contribution in [0.4, 0.5) is 0 Å². The van der Waals surface area contributed by atoms with Crippen LogP contribution in [-0.4, -0.2) is 0 Å². The first-order valence-corrected chi connectivity index (χ1v) is 7.28. The number of rotatable bonds is 2. The van der Waals surface area contributed by atoms with Crippen molar-refractivity contribution >= 4 is 6.08 Å². The van der Waals surface area contributed by atoms with Crippen LogP contribution >= 0.6 is 0 Å². The second-order valence-corrected chi connectivity index (χ2v) is 3.94. The van der Waals surface area contributed by atoms with Gasteiger partial charge in [-0.05, 0) is 43.5 Å². The molecular weight excluding hydrogens is 252 g/mol. The first-order valence-electron chi connectivity index (χ1n) is 7.28. The summed E-state index contributed by atoms with van der Waals surface area (Å²) in [4.78, 5) is 0. The van der Waals surface area contributed by atoms with Gasteiger partial charge in [0.2, 0.25) is 0 Å². The van der Waals surface area contributed by atoms with Crippen LogP contribution in [0.15, 0.2) is 61.2 Å². The molecule has 0 N–H and O–H groups in total. The third-order valence-electron chi connectivity index (χ3n) is 2.52. The minimum Gasteiger partial charge on any atom is -0.101 e.